The number of hydrogen-bond donors (Lipinski definition) is 2. The van der Waals surface area contributed by atoms with Crippen molar-refractivity contribution in [2.24, 2.45) is 0 Å². The standard InChI is InChI=1S/C9H13BrN2O2/c1-7(13)12-5-4-11-6-8-2-3-9(10)14-8/h2-3,11H,4-6H2,1H3,(H,12,13). The second-order valence-corrected chi connectivity index (χ2v) is 3.65. The number of amides is 1. The number of carbonyl (C=O) groups is 1. The molecular weight excluding hydrogens is 248 g/mol. The summed E-state index contributed by atoms with van der Waals surface area (Å²) in [6.07, 6.45) is 0. The lowest BCUT2D eigenvalue weighted by Gasteiger charge is -2.02. The lowest BCUT2D eigenvalue weighted by Crippen LogP contribution is -2.29. The highest BCUT2D eigenvalue weighted by Gasteiger charge is 1.97. The Morgan fingerprint density at radius 2 is 2.29 bits per heavy atom. The topological polar surface area (TPSA) is 54.3 Å². The Bertz CT molecular complexity index is 299. The molecule has 0 aromatic carbocycles. The maximum atomic E-state index is 10.5. The Kier molecular flexibility index (Phi) is 4.69. The molecule has 1 amide bonds. The number of rotatable bonds is 5. The Labute approximate surface area is 91.2 Å². The van der Waals surface area contributed by atoms with Gasteiger partial charge in [0.1, 0.15) is 5.76 Å². The van der Waals surface area contributed by atoms with E-state index in [1.54, 1.807) is 0 Å². The van der Waals surface area contributed by atoms with Crippen LogP contribution in [0.25, 0.3) is 0 Å². The van der Waals surface area contributed by atoms with Crippen molar-refractivity contribution in [2.75, 3.05) is 13.1 Å². The second kappa shape index (κ2) is 5.82. The van der Waals surface area contributed by atoms with E-state index in [2.05, 4.69) is 26.6 Å². The van der Waals surface area contributed by atoms with Crippen LogP contribution in [0.3, 0.4) is 0 Å². The van der Waals surface area contributed by atoms with E-state index in [4.69, 9.17) is 4.42 Å². The molecule has 0 aliphatic rings. The third kappa shape index (κ3) is 4.43. The Morgan fingerprint density at radius 1 is 1.50 bits per heavy atom. The van der Waals surface area contributed by atoms with Crippen LogP contribution in [0.5, 0.6) is 0 Å². The molecule has 0 spiro atoms. The fraction of sp³-hybridized carbons (Fsp3) is 0.444. The van der Waals surface area contributed by atoms with Gasteiger partial charge in [0.25, 0.3) is 0 Å². The van der Waals surface area contributed by atoms with Gasteiger partial charge in [0.2, 0.25) is 5.91 Å². The molecular formula is C9H13BrN2O2. The largest absolute Gasteiger partial charge is 0.453 e. The molecule has 0 radical (unpaired) electrons. The smallest absolute Gasteiger partial charge is 0.216 e. The lowest BCUT2D eigenvalue weighted by atomic mass is 10.4. The monoisotopic (exact) mass is 260 g/mol. The highest BCUT2D eigenvalue weighted by Crippen LogP contribution is 2.13. The lowest BCUT2D eigenvalue weighted by molar-refractivity contribution is -0.118. The third-order valence-corrected chi connectivity index (χ3v) is 2.03. The van der Waals surface area contributed by atoms with Crippen molar-refractivity contribution in [3.05, 3.63) is 22.6 Å². The maximum absolute atomic E-state index is 10.5. The zero-order valence-corrected chi connectivity index (χ0v) is 9.56. The minimum atomic E-state index is -0.00690. The summed E-state index contributed by atoms with van der Waals surface area (Å²) in [5, 5.41) is 5.84. The molecule has 2 N–H and O–H groups in total. The summed E-state index contributed by atoms with van der Waals surface area (Å²) in [5.41, 5.74) is 0. The maximum Gasteiger partial charge on any atom is 0.216 e. The highest BCUT2D eigenvalue weighted by atomic mass is 79.9. The first-order valence-electron chi connectivity index (χ1n) is 4.38. The van der Waals surface area contributed by atoms with E-state index in [0.29, 0.717) is 13.1 Å². The molecule has 0 aliphatic carbocycles. The molecule has 1 aromatic heterocycles. The molecule has 1 heterocycles. The van der Waals surface area contributed by atoms with Gasteiger partial charge >= 0.3 is 0 Å². The molecule has 0 atom stereocenters. The SMILES string of the molecule is CC(=O)NCCNCc1ccc(Br)o1. The first-order valence-corrected chi connectivity index (χ1v) is 5.17. The van der Waals surface area contributed by atoms with Crippen LogP contribution >= 0.6 is 15.9 Å². The van der Waals surface area contributed by atoms with Gasteiger partial charge in [-0.05, 0) is 28.1 Å². The molecule has 1 aromatic rings. The minimum Gasteiger partial charge on any atom is -0.453 e. The van der Waals surface area contributed by atoms with Gasteiger partial charge in [-0.1, -0.05) is 0 Å². The van der Waals surface area contributed by atoms with Crippen LogP contribution in [-0.2, 0) is 11.3 Å². The van der Waals surface area contributed by atoms with Gasteiger partial charge < -0.3 is 15.1 Å². The molecule has 0 fully saturated rings. The van der Waals surface area contributed by atoms with Crippen molar-refractivity contribution < 1.29 is 9.21 Å². The quantitative estimate of drug-likeness (QED) is 0.785. The van der Waals surface area contributed by atoms with Gasteiger partial charge in [-0.3, -0.25) is 4.79 Å². The van der Waals surface area contributed by atoms with E-state index in [1.165, 1.54) is 6.92 Å². The van der Waals surface area contributed by atoms with Crippen LogP contribution in [-0.4, -0.2) is 19.0 Å². The van der Waals surface area contributed by atoms with Crippen LogP contribution < -0.4 is 10.6 Å². The zero-order chi connectivity index (χ0) is 10.4. The van der Waals surface area contributed by atoms with Crippen LogP contribution in [0.2, 0.25) is 0 Å². The second-order valence-electron chi connectivity index (χ2n) is 2.87. The summed E-state index contributed by atoms with van der Waals surface area (Å²) in [6, 6.07) is 3.75. The number of hydrogen-bond acceptors (Lipinski definition) is 3. The van der Waals surface area contributed by atoms with E-state index < -0.39 is 0 Å². The fourth-order valence-corrected chi connectivity index (χ4v) is 1.33. The average Bonchev–Trinajstić information content (AvgIpc) is 2.50. The number of carbonyl (C=O) groups excluding carboxylic acids is 1. The first-order chi connectivity index (χ1) is 6.68. The summed E-state index contributed by atoms with van der Waals surface area (Å²) >= 11 is 3.22. The zero-order valence-electron chi connectivity index (χ0n) is 7.97. The van der Waals surface area contributed by atoms with E-state index in [0.717, 1.165) is 17.0 Å². The van der Waals surface area contributed by atoms with Crippen molar-refractivity contribution in [2.45, 2.75) is 13.5 Å². The van der Waals surface area contributed by atoms with Crippen molar-refractivity contribution in [3.63, 3.8) is 0 Å². The highest BCUT2D eigenvalue weighted by molar-refractivity contribution is 9.10. The average molecular weight is 261 g/mol. The van der Waals surface area contributed by atoms with Gasteiger partial charge in [-0.25, -0.2) is 0 Å². The minimum absolute atomic E-state index is 0.00690. The van der Waals surface area contributed by atoms with Crippen molar-refractivity contribution in [1.29, 1.82) is 0 Å². The molecule has 0 unspecified atom stereocenters. The molecule has 4 nitrogen and oxygen atoms in total. The van der Waals surface area contributed by atoms with E-state index >= 15 is 0 Å². The van der Waals surface area contributed by atoms with E-state index in [-0.39, 0.29) is 5.91 Å². The molecule has 1 rings (SSSR count). The fourth-order valence-electron chi connectivity index (χ4n) is 0.985. The Morgan fingerprint density at radius 3 is 2.86 bits per heavy atom. The normalized spacial score (nSPS) is 10.1. The number of halogens is 1. The Hall–Kier alpha value is -0.810. The predicted octanol–water partition coefficient (Wildman–Crippen LogP) is 1.27. The first kappa shape index (κ1) is 11.3. The van der Waals surface area contributed by atoms with Crippen molar-refractivity contribution in [1.82, 2.24) is 10.6 Å². The van der Waals surface area contributed by atoms with Crippen LogP contribution in [0, 0.1) is 0 Å². The summed E-state index contributed by atoms with van der Waals surface area (Å²) in [6.45, 7) is 3.55. The van der Waals surface area contributed by atoms with E-state index in [9.17, 15) is 4.79 Å². The van der Waals surface area contributed by atoms with E-state index in [1.807, 2.05) is 12.1 Å². The molecule has 14 heavy (non-hydrogen) atoms. The molecule has 0 bridgehead atoms. The molecule has 5 heteroatoms. The van der Waals surface area contributed by atoms with Crippen molar-refractivity contribution in [3.8, 4) is 0 Å². The van der Waals surface area contributed by atoms with Gasteiger partial charge in [-0.2, -0.15) is 0 Å². The Balaban J connectivity index is 2.07. The van der Waals surface area contributed by atoms with Gasteiger partial charge in [-0.15, -0.1) is 0 Å². The predicted molar refractivity (Wildman–Crippen MR) is 56.8 cm³/mol. The number of furan rings is 1. The summed E-state index contributed by atoms with van der Waals surface area (Å²) in [4.78, 5) is 10.5. The summed E-state index contributed by atoms with van der Waals surface area (Å²) in [5.74, 6) is 0.868. The van der Waals surface area contributed by atoms with Gasteiger partial charge in [0, 0.05) is 20.0 Å². The summed E-state index contributed by atoms with van der Waals surface area (Å²) < 4.78 is 6.01. The third-order valence-electron chi connectivity index (χ3n) is 1.60. The van der Waals surface area contributed by atoms with Gasteiger partial charge in [0.15, 0.2) is 4.67 Å². The molecule has 78 valence electrons. The molecule has 0 aliphatic heterocycles. The summed E-state index contributed by atoms with van der Waals surface area (Å²) in [7, 11) is 0. The number of nitrogens with one attached hydrogen (secondary N) is 2. The van der Waals surface area contributed by atoms with Crippen LogP contribution in [0.4, 0.5) is 0 Å². The van der Waals surface area contributed by atoms with Crippen LogP contribution in [0.1, 0.15) is 12.7 Å². The van der Waals surface area contributed by atoms with Crippen molar-refractivity contribution >= 4 is 21.8 Å². The molecule has 0 saturated carbocycles. The van der Waals surface area contributed by atoms with Gasteiger partial charge in [0.05, 0.1) is 6.54 Å². The van der Waals surface area contributed by atoms with Crippen LogP contribution in [0.15, 0.2) is 21.2 Å². The molecule has 0 saturated heterocycles.